The Labute approximate surface area is 90.8 Å². The first-order chi connectivity index (χ1) is 6.74. The summed E-state index contributed by atoms with van der Waals surface area (Å²) in [6.45, 7) is 5.05. The van der Waals surface area contributed by atoms with Gasteiger partial charge in [-0.2, -0.15) is 0 Å². The predicted octanol–water partition coefficient (Wildman–Crippen LogP) is 3.57. The molecule has 0 aliphatic heterocycles. The van der Waals surface area contributed by atoms with Crippen LogP contribution in [0, 0.1) is 0 Å². The van der Waals surface area contributed by atoms with Crippen molar-refractivity contribution in [2.24, 2.45) is 0 Å². The molecule has 14 heavy (non-hydrogen) atoms. The van der Waals surface area contributed by atoms with Crippen molar-refractivity contribution in [2.45, 2.75) is 19.9 Å². The quantitative estimate of drug-likeness (QED) is 0.748. The van der Waals surface area contributed by atoms with Gasteiger partial charge in [0.15, 0.2) is 0 Å². The summed E-state index contributed by atoms with van der Waals surface area (Å²) in [5.41, 5.74) is 1.22. The number of halogens is 1. The molecule has 0 aliphatic carbocycles. The second-order valence-corrected chi connectivity index (χ2v) is 3.69. The second kappa shape index (κ2) is 5.84. The molecule has 0 amide bonds. The van der Waals surface area contributed by atoms with Crippen LogP contribution in [-0.2, 0) is 0 Å². The minimum absolute atomic E-state index is 0.338. The topological polar surface area (TPSA) is 12.0 Å². The molecule has 0 radical (unpaired) electrons. The highest BCUT2D eigenvalue weighted by molar-refractivity contribution is 6.30. The Hall–Kier alpha value is -0.790. The summed E-state index contributed by atoms with van der Waals surface area (Å²) in [7, 11) is 0. The van der Waals surface area contributed by atoms with Gasteiger partial charge in [0.25, 0.3) is 0 Å². The van der Waals surface area contributed by atoms with Crippen molar-refractivity contribution >= 4 is 11.6 Å². The van der Waals surface area contributed by atoms with E-state index in [4.69, 9.17) is 11.6 Å². The van der Waals surface area contributed by atoms with Gasteiger partial charge in [0.1, 0.15) is 0 Å². The number of hydrogen-bond acceptors (Lipinski definition) is 1. The third-order valence-electron chi connectivity index (χ3n) is 2.13. The molecule has 0 saturated carbocycles. The average Bonchev–Trinajstić information content (AvgIpc) is 2.18. The number of benzene rings is 1. The molecule has 0 aromatic heterocycles. The zero-order valence-electron chi connectivity index (χ0n) is 8.63. The van der Waals surface area contributed by atoms with Gasteiger partial charge in [0, 0.05) is 17.6 Å². The Morgan fingerprint density at radius 2 is 2.29 bits per heavy atom. The van der Waals surface area contributed by atoms with E-state index >= 15 is 0 Å². The van der Waals surface area contributed by atoms with Crippen LogP contribution >= 0.6 is 11.6 Å². The fourth-order valence-electron chi connectivity index (χ4n) is 1.26. The van der Waals surface area contributed by atoms with Crippen molar-refractivity contribution in [2.75, 3.05) is 6.54 Å². The standard InChI is InChI=1S/C12H16ClN/c1-3-4-8-14-10(2)11-6-5-7-12(13)9-11/h3-7,9-10,14H,8H2,1-2H3/b4-3+/t10-/m0/s1. The molecule has 1 nitrogen and oxygen atoms in total. The molecule has 1 aromatic rings. The first-order valence-corrected chi connectivity index (χ1v) is 5.22. The Bertz CT molecular complexity index is 307. The van der Waals surface area contributed by atoms with Gasteiger partial charge in [-0.25, -0.2) is 0 Å². The zero-order valence-corrected chi connectivity index (χ0v) is 9.38. The van der Waals surface area contributed by atoms with Gasteiger partial charge >= 0.3 is 0 Å². The van der Waals surface area contributed by atoms with E-state index in [1.165, 1.54) is 5.56 Å². The van der Waals surface area contributed by atoms with Crippen molar-refractivity contribution in [3.63, 3.8) is 0 Å². The van der Waals surface area contributed by atoms with E-state index in [2.05, 4.69) is 24.4 Å². The molecule has 0 spiro atoms. The summed E-state index contributed by atoms with van der Waals surface area (Å²) in [6.07, 6.45) is 4.14. The molecule has 1 aromatic carbocycles. The Balaban J connectivity index is 2.55. The van der Waals surface area contributed by atoms with Crippen LogP contribution in [0.25, 0.3) is 0 Å². The summed E-state index contributed by atoms with van der Waals surface area (Å²) in [5, 5.41) is 4.18. The number of rotatable bonds is 4. The van der Waals surface area contributed by atoms with Crippen LogP contribution in [0.2, 0.25) is 5.02 Å². The van der Waals surface area contributed by atoms with Gasteiger partial charge in [-0.15, -0.1) is 0 Å². The third-order valence-corrected chi connectivity index (χ3v) is 2.36. The number of allylic oxidation sites excluding steroid dienone is 1. The van der Waals surface area contributed by atoms with Crippen molar-refractivity contribution in [3.05, 3.63) is 47.0 Å². The van der Waals surface area contributed by atoms with Crippen LogP contribution in [-0.4, -0.2) is 6.54 Å². The summed E-state index contributed by atoms with van der Waals surface area (Å²) in [6, 6.07) is 8.29. The monoisotopic (exact) mass is 209 g/mol. The maximum atomic E-state index is 5.91. The lowest BCUT2D eigenvalue weighted by molar-refractivity contribution is 0.617. The predicted molar refractivity (Wildman–Crippen MR) is 62.7 cm³/mol. The average molecular weight is 210 g/mol. The van der Waals surface area contributed by atoms with Crippen LogP contribution in [0.15, 0.2) is 36.4 Å². The van der Waals surface area contributed by atoms with Gasteiger partial charge in [-0.3, -0.25) is 0 Å². The molecule has 0 saturated heterocycles. The Morgan fingerprint density at radius 1 is 1.50 bits per heavy atom. The van der Waals surface area contributed by atoms with Gasteiger partial charge in [0.05, 0.1) is 0 Å². The number of hydrogen-bond donors (Lipinski definition) is 1. The molecule has 1 N–H and O–H groups in total. The van der Waals surface area contributed by atoms with Crippen LogP contribution in [0.1, 0.15) is 25.5 Å². The van der Waals surface area contributed by atoms with Crippen molar-refractivity contribution in [1.29, 1.82) is 0 Å². The van der Waals surface area contributed by atoms with Gasteiger partial charge in [0.2, 0.25) is 0 Å². The minimum Gasteiger partial charge on any atom is -0.307 e. The van der Waals surface area contributed by atoms with E-state index in [0.29, 0.717) is 6.04 Å². The van der Waals surface area contributed by atoms with Crippen molar-refractivity contribution < 1.29 is 0 Å². The molecule has 0 bridgehead atoms. The lowest BCUT2D eigenvalue weighted by atomic mass is 10.1. The van der Waals surface area contributed by atoms with Crippen molar-refractivity contribution in [1.82, 2.24) is 5.32 Å². The summed E-state index contributed by atoms with van der Waals surface area (Å²) in [4.78, 5) is 0. The summed E-state index contributed by atoms with van der Waals surface area (Å²) >= 11 is 5.91. The smallest absolute Gasteiger partial charge is 0.0409 e. The zero-order chi connectivity index (χ0) is 10.4. The first-order valence-electron chi connectivity index (χ1n) is 4.84. The lowest BCUT2D eigenvalue weighted by Crippen LogP contribution is -2.18. The fraction of sp³-hybridized carbons (Fsp3) is 0.333. The minimum atomic E-state index is 0.338. The van der Waals surface area contributed by atoms with E-state index in [-0.39, 0.29) is 0 Å². The molecule has 0 heterocycles. The maximum absolute atomic E-state index is 5.91. The molecule has 1 atom stereocenters. The van der Waals surface area contributed by atoms with Crippen molar-refractivity contribution in [3.8, 4) is 0 Å². The van der Waals surface area contributed by atoms with Crippen LogP contribution in [0.4, 0.5) is 0 Å². The largest absolute Gasteiger partial charge is 0.307 e. The van der Waals surface area contributed by atoms with E-state index in [0.717, 1.165) is 11.6 Å². The lowest BCUT2D eigenvalue weighted by Gasteiger charge is -2.12. The normalized spacial score (nSPS) is 13.4. The highest BCUT2D eigenvalue weighted by Crippen LogP contribution is 2.16. The Kier molecular flexibility index (Phi) is 4.71. The van der Waals surface area contributed by atoms with Crippen LogP contribution in [0.5, 0.6) is 0 Å². The molecular weight excluding hydrogens is 194 g/mol. The Morgan fingerprint density at radius 3 is 2.93 bits per heavy atom. The highest BCUT2D eigenvalue weighted by Gasteiger charge is 2.02. The van der Waals surface area contributed by atoms with E-state index in [9.17, 15) is 0 Å². The molecule has 2 heteroatoms. The SMILES string of the molecule is C/C=C/CN[C@@H](C)c1cccc(Cl)c1. The first kappa shape index (κ1) is 11.3. The van der Waals surface area contributed by atoms with Gasteiger partial charge in [-0.05, 0) is 31.5 Å². The second-order valence-electron chi connectivity index (χ2n) is 3.25. The van der Waals surface area contributed by atoms with Gasteiger partial charge < -0.3 is 5.32 Å². The molecule has 0 unspecified atom stereocenters. The van der Waals surface area contributed by atoms with Crippen LogP contribution < -0.4 is 5.32 Å². The van der Waals surface area contributed by atoms with E-state index < -0.39 is 0 Å². The molecule has 76 valence electrons. The summed E-state index contributed by atoms with van der Waals surface area (Å²) < 4.78 is 0. The van der Waals surface area contributed by atoms with Crippen LogP contribution in [0.3, 0.4) is 0 Å². The number of nitrogens with one attached hydrogen (secondary N) is 1. The van der Waals surface area contributed by atoms with Gasteiger partial charge in [-0.1, -0.05) is 35.9 Å². The van der Waals surface area contributed by atoms with E-state index in [1.807, 2.05) is 31.2 Å². The molecule has 1 rings (SSSR count). The highest BCUT2D eigenvalue weighted by atomic mass is 35.5. The molecular formula is C12H16ClN. The molecule has 0 fully saturated rings. The third kappa shape index (κ3) is 3.52. The summed E-state index contributed by atoms with van der Waals surface area (Å²) in [5.74, 6) is 0. The maximum Gasteiger partial charge on any atom is 0.0409 e. The van der Waals surface area contributed by atoms with E-state index in [1.54, 1.807) is 0 Å². The fourth-order valence-corrected chi connectivity index (χ4v) is 1.46. The molecule has 0 aliphatic rings.